The number of phenolic OH excluding ortho intramolecular Hbond substituents is 1. The Balaban J connectivity index is 2.58. The lowest BCUT2D eigenvalue weighted by molar-refractivity contribution is -0.140. The summed E-state index contributed by atoms with van der Waals surface area (Å²) in [4.78, 5) is 158. The Hall–Kier alpha value is -6.99. The average Bonchev–Trinajstić information content (AvgIpc) is 3.26. The number of nitrogens with one attached hydrogen (secondary N) is 8. The first-order chi connectivity index (χ1) is 31.5. The number of hydrogen-bond acceptors (Lipinski definition) is 14. The number of nitrogens with zero attached hydrogens (tertiary/aromatic N) is 1. The van der Waals surface area contributed by atoms with Crippen molar-refractivity contribution < 1.29 is 62.6 Å². The summed E-state index contributed by atoms with van der Waals surface area (Å²) in [5.74, 6) is -11.3. The van der Waals surface area contributed by atoms with E-state index in [2.05, 4.69) is 42.5 Å². The Kier molecular flexibility index (Phi) is 23.6. The van der Waals surface area contributed by atoms with E-state index in [-0.39, 0.29) is 18.6 Å². The van der Waals surface area contributed by atoms with Crippen molar-refractivity contribution >= 4 is 82.6 Å². The monoisotopic (exact) mass is 962 g/mol. The predicted octanol–water partition coefficient (Wildman–Crippen LogP) is -5.25. The molecule has 0 bridgehead atoms. The van der Waals surface area contributed by atoms with Gasteiger partial charge in [-0.05, 0) is 54.9 Å². The number of carbonyl (C=O) groups excluding carboxylic acids is 12. The summed E-state index contributed by atoms with van der Waals surface area (Å²) in [5, 5.41) is 29.3. The van der Waals surface area contributed by atoms with Gasteiger partial charge in [-0.15, -0.1) is 0 Å². The van der Waals surface area contributed by atoms with Crippen molar-refractivity contribution in [3.05, 3.63) is 29.8 Å². The molecule has 1 heterocycles. The molecule has 1 aliphatic heterocycles. The van der Waals surface area contributed by atoms with E-state index in [4.69, 9.17) is 17.2 Å². The molecule has 0 aromatic heterocycles. The second-order valence-corrected chi connectivity index (χ2v) is 16.8. The molecule has 26 heteroatoms. The van der Waals surface area contributed by atoms with Crippen molar-refractivity contribution in [1.82, 2.24) is 47.4 Å². The second kappa shape index (κ2) is 28.1. The molecule has 0 saturated carbocycles. The molecular formula is C41H62N12O13S. The van der Waals surface area contributed by atoms with Crippen LogP contribution in [0.1, 0.15) is 64.4 Å². The van der Waals surface area contributed by atoms with Gasteiger partial charge in [0.25, 0.3) is 0 Å². The van der Waals surface area contributed by atoms with E-state index in [0.29, 0.717) is 17.7 Å². The molecule has 7 atom stereocenters. The number of benzene rings is 1. The standard InChI is InChI=1S/C41H62N12O13S/c1-5-21(2)35-40(65)49-24(10-12-29(42)55)37(62)51-28(17-30(43)56)38(63)50-26(41(66)53(3)20-34(60)47-25(14-15-67-4)36(61)46-18-31(44)57)11-13-32(58)45-19-33(59)48-27(39(64)52-35)16-22-6-8-23(54)9-7-22/h6-9,21,24-28,35,54H,5,10-20H2,1-4H3,(H2,42,55)(H2,43,56)(H2,44,57)(H,45,58)(H,46,61)(H,47,60)(H,48,59)(H,49,65)(H,50,63)(H,51,62)(H,52,64)/t21?,24-,25-,26-,27-,28-,35?/m0/s1. The first-order valence-corrected chi connectivity index (χ1v) is 22.7. The van der Waals surface area contributed by atoms with Crippen molar-refractivity contribution in [3.63, 3.8) is 0 Å². The Labute approximate surface area is 390 Å². The van der Waals surface area contributed by atoms with E-state index in [9.17, 15) is 62.6 Å². The van der Waals surface area contributed by atoms with Gasteiger partial charge in [0.1, 0.15) is 42.0 Å². The highest BCUT2D eigenvalue weighted by Crippen LogP contribution is 2.14. The normalized spacial score (nSPS) is 21.0. The fraction of sp³-hybridized carbons (Fsp3) is 0.561. The summed E-state index contributed by atoms with van der Waals surface area (Å²) in [5.41, 5.74) is 16.4. The third-order valence-corrected chi connectivity index (χ3v) is 11.0. The van der Waals surface area contributed by atoms with E-state index in [1.165, 1.54) is 43.1 Å². The van der Waals surface area contributed by atoms with E-state index in [0.717, 1.165) is 4.90 Å². The molecular weight excluding hydrogens is 901 g/mol. The average molecular weight is 963 g/mol. The molecule has 1 aliphatic rings. The molecule has 370 valence electrons. The molecule has 2 unspecified atom stereocenters. The van der Waals surface area contributed by atoms with Gasteiger partial charge >= 0.3 is 0 Å². The number of likely N-dealkylation sites (N-methyl/N-ethyl adjacent to an activating group) is 1. The topological polar surface area (TPSA) is 403 Å². The minimum atomic E-state index is -1.83. The van der Waals surface area contributed by atoms with Crippen LogP contribution in [0, 0.1) is 5.92 Å². The van der Waals surface area contributed by atoms with E-state index < -0.39 is 165 Å². The number of rotatable bonds is 19. The third-order valence-electron chi connectivity index (χ3n) is 10.3. The highest BCUT2D eigenvalue weighted by molar-refractivity contribution is 7.98. The largest absolute Gasteiger partial charge is 0.508 e. The smallest absolute Gasteiger partial charge is 0.245 e. The van der Waals surface area contributed by atoms with Crippen molar-refractivity contribution in [3.8, 4) is 5.75 Å². The van der Waals surface area contributed by atoms with Crippen molar-refractivity contribution in [1.29, 1.82) is 0 Å². The van der Waals surface area contributed by atoms with Crippen molar-refractivity contribution in [2.45, 2.75) is 101 Å². The first kappa shape index (κ1) is 56.1. The maximum absolute atomic E-state index is 14.0. The van der Waals surface area contributed by atoms with Crippen LogP contribution in [0.25, 0.3) is 0 Å². The van der Waals surface area contributed by atoms with Gasteiger partial charge in [0.05, 0.1) is 26.1 Å². The van der Waals surface area contributed by atoms with Gasteiger partial charge < -0.3 is 69.7 Å². The number of carbonyl (C=O) groups is 12. The van der Waals surface area contributed by atoms with Crippen LogP contribution in [-0.4, -0.2) is 156 Å². The maximum atomic E-state index is 14.0. The Morgan fingerprint density at radius 3 is 2.04 bits per heavy atom. The number of nitrogens with two attached hydrogens (primary N) is 3. The van der Waals surface area contributed by atoms with Gasteiger partial charge in [-0.1, -0.05) is 32.4 Å². The van der Waals surface area contributed by atoms with E-state index >= 15 is 0 Å². The van der Waals surface area contributed by atoms with Crippen molar-refractivity contribution in [2.75, 3.05) is 38.7 Å². The summed E-state index contributed by atoms with van der Waals surface area (Å²) in [6, 6.07) is -3.26. The van der Waals surface area contributed by atoms with Crippen LogP contribution in [0.2, 0.25) is 0 Å². The highest BCUT2D eigenvalue weighted by Gasteiger charge is 2.36. The molecule has 0 spiro atoms. The fourth-order valence-corrected chi connectivity index (χ4v) is 6.92. The molecule has 25 nitrogen and oxygen atoms in total. The summed E-state index contributed by atoms with van der Waals surface area (Å²) in [6.07, 6.45) is -0.718. The zero-order valence-electron chi connectivity index (χ0n) is 37.8. The Morgan fingerprint density at radius 1 is 0.821 bits per heavy atom. The predicted molar refractivity (Wildman–Crippen MR) is 240 cm³/mol. The number of hydrogen-bond donors (Lipinski definition) is 12. The Bertz CT molecular complexity index is 1990. The van der Waals surface area contributed by atoms with Gasteiger partial charge in [-0.25, -0.2) is 0 Å². The molecule has 0 aliphatic carbocycles. The molecule has 1 fully saturated rings. The van der Waals surface area contributed by atoms with Crippen molar-refractivity contribution in [2.24, 2.45) is 23.1 Å². The number of amides is 12. The molecule has 0 radical (unpaired) electrons. The van der Waals surface area contributed by atoms with Crippen LogP contribution >= 0.6 is 11.8 Å². The molecule has 1 saturated heterocycles. The number of aromatic hydroxyl groups is 1. The molecule has 1 aromatic carbocycles. The van der Waals surface area contributed by atoms with Crippen LogP contribution < -0.4 is 59.7 Å². The zero-order chi connectivity index (χ0) is 50.4. The SMILES string of the molecule is CCC(C)C1NC(=O)[C@H](Cc2ccc(O)cc2)NC(=O)CNC(=O)CC[C@@H](C(=O)N(C)CC(=O)N[C@@H](CCSC)C(=O)NCC(N)=O)NC(=O)[C@H](CC(N)=O)NC(=O)[C@H](CCC(N)=O)NC1=O. The number of phenols is 1. The van der Waals surface area contributed by atoms with Crippen LogP contribution in [-0.2, 0) is 64.0 Å². The van der Waals surface area contributed by atoms with Gasteiger partial charge in [-0.3, -0.25) is 57.5 Å². The fourth-order valence-electron chi connectivity index (χ4n) is 6.45. The summed E-state index contributed by atoms with van der Waals surface area (Å²) in [7, 11) is 1.17. The lowest BCUT2D eigenvalue weighted by Crippen LogP contribution is -2.61. The molecule has 12 amide bonds. The second-order valence-electron chi connectivity index (χ2n) is 15.8. The quantitative estimate of drug-likeness (QED) is 0.0617. The first-order valence-electron chi connectivity index (χ1n) is 21.3. The lowest BCUT2D eigenvalue weighted by Gasteiger charge is -2.29. The van der Waals surface area contributed by atoms with E-state index in [1.54, 1.807) is 20.1 Å². The molecule has 1 aromatic rings. The summed E-state index contributed by atoms with van der Waals surface area (Å²) >= 11 is 1.37. The van der Waals surface area contributed by atoms with Gasteiger partial charge in [0.2, 0.25) is 70.9 Å². The van der Waals surface area contributed by atoms with Crippen LogP contribution in [0.5, 0.6) is 5.75 Å². The highest BCUT2D eigenvalue weighted by atomic mass is 32.2. The molecule has 2 rings (SSSR count). The van der Waals surface area contributed by atoms with Gasteiger partial charge in [0.15, 0.2) is 0 Å². The van der Waals surface area contributed by atoms with Gasteiger partial charge in [0, 0.05) is 26.3 Å². The number of primary amides is 3. The zero-order valence-corrected chi connectivity index (χ0v) is 38.6. The molecule has 67 heavy (non-hydrogen) atoms. The Morgan fingerprint density at radius 2 is 1.45 bits per heavy atom. The molecule has 15 N–H and O–H groups in total. The van der Waals surface area contributed by atoms with Crippen LogP contribution in [0.15, 0.2) is 24.3 Å². The van der Waals surface area contributed by atoms with E-state index in [1.807, 2.05) is 0 Å². The minimum absolute atomic E-state index is 0.0721. The van der Waals surface area contributed by atoms with Crippen LogP contribution in [0.4, 0.5) is 0 Å². The van der Waals surface area contributed by atoms with Gasteiger partial charge in [-0.2, -0.15) is 11.8 Å². The summed E-state index contributed by atoms with van der Waals surface area (Å²) < 4.78 is 0. The summed E-state index contributed by atoms with van der Waals surface area (Å²) in [6.45, 7) is 1.46. The van der Waals surface area contributed by atoms with Crippen LogP contribution in [0.3, 0.4) is 0 Å². The third kappa shape index (κ3) is 20.4. The lowest BCUT2D eigenvalue weighted by atomic mass is 9.96. The minimum Gasteiger partial charge on any atom is -0.508 e. The maximum Gasteiger partial charge on any atom is 0.245 e. The number of thioether (sulfide) groups is 1.